The van der Waals surface area contributed by atoms with E-state index in [2.05, 4.69) is 17.2 Å². The van der Waals surface area contributed by atoms with Crippen molar-refractivity contribution in [3.63, 3.8) is 0 Å². The summed E-state index contributed by atoms with van der Waals surface area (Å²) in [5.41, 5.74) is 5.10. The van der Waals surface area contributed by atoms with Gasteiger partial charge in [-0.3, -0.25) is 4.79 Å². The van der Waals surface area contributed by atoms with Gasteiger partial charge in [-0.15, -0.1) is 11.3 Å². The normalized spacial score (nSPS) is 18.1. The van der Waals surface area contributed by atoms with Crippen molar-refractivity contribution in [2.24, 2.45) is 0 Å². The van der Waals surface area contributed by atoms with Gasteiger partial charge >= 0.3 is 0 Å². The first-order valence-electron chi connectivity index (χ1n) is 16.2. The minimum absolute atomic E-state index is 0.00855. The maximum Gasteiger partial charge on any atom is 0.246 e. The summed E-state index contributed by atoms with van der Waals surface area (Å²) in [5, 5.41) is 17.4. The molecule has 1 fully saturated rings. The van der Waals surface area contributed by atoms with E-state index in [9.17, 15) is 9.18 Å². The molecule has 3 aliphatic rings. The lowest BCUT2D eigenvalue weighted by Crippen LogP contribution is -2.46. The number of amides is 1. The Morgan fingerprint density at radius 3 is 2.80 bits per heavy atom. The van der Waals surface area contributed by atoms with Gasteiger partial charge in [0.05, 0.1) is 36.2 Å². The van der Waals surface area contributed by atoms with Gasteiger partial charge < -0.3 is 35.2 Å². The van der Waals surface area contributed by atoms with Crippen molar-refractivity contribution in [3.8, 4) is 33.9 Å². The summed E-state index contributed by atoms with van der Waals surface area (Å²) in [6.07, 6.45) is 10.8. The average molecular weight is 696 g/mol. The first-order valence-corrected chi connectivity index (χ1v) is 17.1. The van der Waals surface area contributed by atoms with E-state index in [4.69, 9.17) is 24.6 Å². The fourth-order valence-electron chi connectivity index (χ4n) is 6.55. The maximum absolute atomic E-state index is 16.2. The van der Waals surface area contributed by atoms with E-state index in [1.165, 1.54) is 29.7 Å². The van der Waals surface area contributed by atoms with Gasteiger partial charge in [-0.25, -0.2) is 13.8 Å². The topological polar surface area (TPSA) is 109 Å². The molecule has 1 saturated heterocycles. The van der Waals surface area contributed by atoms with Crippen LogP contribution in [0.5, 0.6) is 11.5 Å². The van der Waals surface area contributed by atoms with Crippen molar-refractivity contribution in [1.29, 1.82) is 5.41 Å². The maximum atomic E-state index is 16.2. The lowest BCUT2D eigenvalue weighted by molar-refractivity contribution is -0.126. The number of ether oxygens (including phenoxy) is 3. The minimum Gasteiger partial charge on any atom is -0.490 e. The number of likely N-dealkylation sites (tertiary alicyclic amines) is 1. The number of fused-ring (bicyclic) bond motifs is 5. The van der Waals surface area contributed by atoms with Crippen LogP contribution in [0.3, 0.4) is 0 Å². The second kappa shape index (κ2) is 14.3. The first kappa shape index (κ1) is 33.2. The average Bonchev–Trinajstić information content (AvgIpc) is 3.62. The van der Waals surface area contributed by atoms with Crippen LogP contribution in [-0.4, -0.2) is 74.6 Å². The number of hydrogen-bond donors (Lipinski definition) is 3. The van der Waals surface area contributed by atoms with Crippen molar-refractivity contribution < 1.29 is 27.8 Å². The summed E-state index contributed by atoms with van der Waals surface area (Å²) in [4.78, 5) is 19.6. The van der Waals surface area contributed by atoms with Crippen LogP contribution in [0.15, 0.2) is 78.4 Å². The molecule has 5 heterocycles. The van der Waals surface area contributed by atoms with Gasteiger partial charge in [-0.2, -0.15) is 0 Å². The molecule has 2 aromatic carbocycles. The number of rotatable bonds is 4. The SMILES string of the molecule is C=CC(=O)N1CCC2NC=C(c3nc4c5ccsc5c3-c3c(F)cc(F)cc3OCCOC/C=C/COc3cc(NC)c(C=N)cc3-4)C=C2C1. The molecule has 0 saturated carbocycles. The Morgan fingerprint density at radius 1 is 1.12 bits per heavy atom. The highest BCUT2D eigenvalue weighted by molar-refractivity contribution is 7.18. The predicted octanol–water partition coefficient (Wildman–Crippen LogP) is 6.95. The molecule has 3 N–H and O–H groups in total. The lowest BCUT2D eigenvalue weighted by Gasteiger charge is -2.36. The zero-order valence-corrected chi connectivity index (χ0v) is 28.2. The second-order valence-electron chi connectivity index (χ2n) is 11.9. The largest absolute Gasteiger partial charge is 0.490 e. The number of pyridine rings is 1. The molecule has 2 aromatic heterocycles. The molecule has 0 radical (unpaired) electrons. The summed E-state index contributed by atoms with van der Waals surface area (Å²) < 4.78 is 49.8. The summed E-state index contributed by atoms with van der Waals surface area (Å²) in [6.45, 7) is 5.41. The molecule has 1 atom stereocenters. The first-order chi connectivity index (χ1) is 24.4. The fraction of sp³-hybridized carbons (Fsp3) is 0.237. The minimum atomic E-state index is -0.795. The van der Waals surface area contributed by atoms with Crippen LogP contribution in [0.2, 0.25) is 0 Å². The zero-order valence-electron chi connectivity index (χ0n) is 27.4. The van der Waals surface area contributed by atoms with E-state index in [0.29, 0.717) is 75.9 Å². The Morgan fingerprint density at radius 2 is 1.98 bits per heavy atom. The molecular weight excluding hydrogens is 661 g/mol. The van der Waals surface area contributed by atoms with Gasteiger partial charge in [0.25, 0.3) is 0 Å². The number of piperidine rings is 1. The lowest BCUT2D eigenvalue weighted by atomic mass is 9.89. The quantitative estimate of drug-likeness (QED) is 0.121. The van der Waals surface area contributed by atoms with Gasteiger partial charge in [0.1, 0.15) is 36.3 Å². The van der Waals surface area contributed by atoms with Gasteiger partial charge in [-0.05, 0) is 47.7 Å². The van der Waals surface area contributed by atoms with E-state index in [0.717, 1.165) is 17.0 Å². The molecule has 0 spiro atoms. The third-order valence-electron chi connectivity index (χ3n) is 8.96. The van der Waals surface area contributed by atoms with Gasteiger partial charge in [0, 0.05) is 88.8 Å². The van der Waals surface area contributed by atoms with Crippen LogP contribution in [0.1, 0.15) is 17.7 Å². The highest BCUT2D eigenvalue weighted by atomic mass is 32.1. The highest BCUT2D eigenvalue weighted by Crippen LogP contribution is 2.48. The molecule has 4 aromatic rings. The van der Waals surface area contributed by atoms with E-state index in [1.807, 2.05) is 48.0 Å². The zero-order chi connectivity index (χ0) is 34.8. The molecule has 256 valence electrons. The van der Waals surface area contributed by atoms with E-state index in [1.54, 1.807) is 11.9 Å². The predicted molar refractivity (Wildman–Crippen MR) is 193 cm³/mol. The number of halogens is 2. The number of nitrogens with one attached hydrogen (secondary N) is 3. The number of dihydropyridines is 1. The molecule has 1 unspecified atom stereocenters. The Hall–Kier alpha value is -5.33. The Balaban J connectivity index is 1.52. The van der Waals surface area contributed by atoms with E-state index >= 15 is 4.39 Å². The third-order valence-corrected chi connectivity index (χ3v) is 9.89. The number of aromatic nitrogens is 1. The number of carbonyl (C=O) groups is 1. The number of thiophene rings is 1. The number of allylic oxidation sites excluding steroid dienone is 2. The van der Waals surface area contributed by atoms with Gasteiger partial charge in [0.2, 0.25) is 5.91 Å². The van der Waals surface area contributed by atoms with E-state index < -0.39 is 11.6 Å². The van der Waals surface area contributed by atoms with Crippen LogP contribution < -0.4 is 20.1 Å². The van der Waals surface area contributed by atoms with Crippen molar-refractivity contribution in [3.05, 3.63) is 101 Å². The third kappa shape index (κ3) is 6.27. The number of benzene rings is 2. The highest BCUT2D eigenvalue weighted by Gasteiger charge is 2.31. The number of hydrogen-bond acceptors (Lipinski definition) is 9. The molecule has 3 aliphatic heterocycles. The summed E-state index contributed by atoms with van der Waals surface area (Å²) >= 11 is 1.40. The fourth-order valence-corrected chi connectivity index (χ4v) is 7.50. The standard InChI is InChI=1S/C38H35F2N5O4S/c1-3-33(46)45-8-6-29-24(21-45)14-23(20-43-29)36-35-34-28(40)16-25(39)17-32(34)49-12-11-47-9-4-5-10-48-31-18-30(42-2)22(19-41)15-27(31)37(44-36)26-7-13-50-38(26)35/h3-5,7,13-20,29,41-43H,1,6,8-12,21H2,2H3/b5-4+,41-19?. The van der Waals surface area contributed by atoms with Crippen molar-refractivity contribution in [2.45, 2.75) is 12.5 Å². The van der Waals surface area contributed by atoms with Crippen molar-refractivity contribution >= 4 is 44.8 Å². The van der Waals surface area contributed by atoms with Gasteiger partial charge in [0.15, 0.2) is 0 Å². The number of anilines is 1. The van der Waals surface area contributed by atoms with E-state index in [-0.39, 0.29) is 43.1 Å². The smallest absolute Gasteiger partial charge is 0.246 e. The Kier molecular flexibility index (Phi) is 9.46. The number of carbonyl (C=O) groups excluding carboxylic acids is 1. The van der Waals surface area contributed by atoms with Crippen LogP contribution in [-0.2, 0) is 9.53 Å². The summed E-state index contributed by atoms with van der Waals surface area (Å²) in [5.74, 6) is -1.16. The number of nitrogens with zero attached hydrogens (tertiary/aromatic N) is 2. The molecule has 1 amide bonds. The second-order valence-corrected chi connectivity index (χ2v) is 12.9. The summed E-state index contributed by atoms with van der Waals surface area (Å²) in [6, 6.07) is 7.66. The van der Waals surface area contributed by atoms with Crippen LogP contribution in [0.4, 0.5) is 14.5 Å². The van der Waals surface area contributed by atoms with Crippen LogP contribution in [0, 0.1) is 17.0 Å². The van der Waals surface area contributed by atoms with Crippen LogP contribution >= 0.6 is 11.3 Å². The van der Waals surface area contributed by atoms with Gasteiger partial charge in [-0.1, -0.05) is 12.7 Å². The molecule has 12 heteroatoms. The molecule has 0 aliphatic carbocycles. The Bertz CT molecular complexity index is 2110. The molecular formula is C38H35F2N5O4S. The Labute approximate surface area is 292 Å². The van der Waals surface area contributed by atoms with Crippen molar-refractivity contribution in [2.75, 3.05) is 51.9 Å². The molecule has 2 bridgehead atoms. The van der Waals surface area contributed by atoms with Crippen LogP contribution in [0.25, 0.3) is 38.0 Å². The molecule has 7 rings (SSSR count). The molecule has 9 nitrogen and oxygen atoms in total. The summed E-state index contributed by atoms with van der Waals surface area (Å²) in [7, 11) is 1.78. The monoisotopic (exact) mass is 695 g/mol. The molecule has 50 heavy (non-hydrogen) atoms. The van der Waals surface area contributed by atoms with Crippen molar-refractivity contribution in [1.82, 2.24) is 15.2 Å².